The smallest absolute Gasteiger partial charge is 0.244 e. The van der Waals surface area contributed by atoms with Crippen LogP contribution in [0.25, 0.3) is 0 Å². The van der Waals surface area contributed by atoms with Crippen LogP contribution in [0, 0.1) is 0 Å². The van der Waals surface area contributed by atoms with Crippen LogP contribution < -0.4 is 5.73 Å². The largest absolute Gasteiger partial charge is 0.391 e. The number of hydrogen-bond donors (Lipinski definition) is 2. The Labute approximate surface area is 106 Å². The summed E-state index contributed by atoms with van der Waals surface area (Å²) in [6, 6.07) is 1.59. The van der Waals surface area contributed by atoms with E-state index in [1.54, 1.807) is 24.2 Å². The van der Waals surface area contributed by atoms with Gasteiger partial charge in [0.15, 0.2) is 0 Å². The van der Waals surface area contributed by atoms with Crippen molar-refractivity contribution < 1.29 is 9.90 Å². The van der Waals surface area contributed by atoms with Crippen molar-refractivity contribution >= 4 is 11.7 Å². The van der Waals surface area contributed by atoms with Crippen molar-refractivity contribution in [3.05, 3.63) is 12.3 Å². The number of aromatic nitrogens is 2. The molecule has 0 aliphatic heterocycles. The van der Waals surface area contributed by atoms with Crippen molar-refractivity contribution in [1.82, 2.24) is 14.7 Å². The zero-order valence-electron chi connectivity index (χ0n) is 10.6. The lowest BCUT2D eigenvalue weighted by Gasteiger charge is -2.35. The number of carbonyl (C=O) groups is 1. The number of hydrogen-bond acceptors (Lipinski definition) is 4. The summed E-state index contributed by atoms with van der Waals surface area (Å²) in [4.78, 5) is 13.7. The van der Waals surface area contributed by atoms with Crippen molar-refractivity contribution in [2.24, 2.45) is 0 Å². The minimum Gasteiger partial charge on any atom is -0.391 e. The molecule has 1 aliphatic rings. The van der Waals surface area contributed by atoms with E-state index >= 15 is 0 Å². The molecule has 1 aromatic heterocycles. The van der Waals surface area contributed by atoms with Gasteiger partial charge < -0.3 is 15.7 Å². The van der Waals surface area contributed by atoms with E-state index in [2.05, 4.69) is 5.10 Å². The van der Waals surface area contributed by atoms with Crippen LogP contribution in [0.3, 0.4) is 0 Å². The van der Waals surface area contributed by atoms with Gasteiger partial charge in [-0.2, -0.15) is 5.10 Å². The van der Waals surface area contributed by atoms with E-state index in [1.165, 1.54) is 4.68 Å². The summed E-state index contributed by atoms with van der Waals surface area (Å²) in [7, 11) is 1.74. The zero-order chi connectivity index (χ0) is 13.1. The minimum atomic E-state index is -0.407. The molecule has 1 aromatic rings. The predicted octanol–water partition coefficient (Wildman–Crippen LogP) is 0.227. The Morgan fingerprint density at radius 2 is 2.33 bits per heavy atom. The first-order chi connectivity index (χ1) is 8.58. The lowest BCUT2D eigenvalue weighted by Crippen LogP contribution is -2.47. The monoisotopic (exact) mass is 252 g/mol. The number of anilines is 1. The zero-order valence-corrected chi connectivity index (χ0v) is 10.6. The predicted molar refractivity (Wildman–Crippen MR) is 67.7 cm³/mol. The molecular formula is C12H20N4O2. The first kappa shape index (κ1) is 12.9. The van der Waals surface area contributed by atoms with Crippen LogP contribution in [0.15, 0.2) is 12.3 Å². The maximum atomic E-state index is 12.1. The summed E-state index contributed by atoms with van der Waals surface area (Å²) in [5, 5.41) is 13.9. The van der Waals surface area contributed by atoms with E-state index in [1.807, 2.05) is 0 Å². The lowest BCUT2D eigenvalue weighted by atomic mass is 9.91. The Kier molecular flexibility index (Phi) is 3.86. The summed E-state index contributed by atoms with van der Waals surface area (Å²) < 4.78 is 1.52. The highest BCUT2D eigenvalue weighted by molar-refractivity contribution is 5.76. The summed E-state index contributed by atoms with van der Waals surface area (Å²) >= 11 is 0. The molecule has 1 aliphatic carbocycles. The molecule has 1 saturated carbocycles. The summed E-state index contributed by atoms with van der Waals surface area (Å²) in [5.74, 6) is 0.354. The van der Waals surface area contributed by atoms with Gasteiger partial charge in [-0.05, 0) is 18.9 Å². The maximum absolute atomic E-state index is 12.1. The average molecular weight is 252 g/mol. The lowest BCUT2D eigenvalue weighted by molar-refractivity contribution is -0.136. The SMILES string of the molecule is CN(C(=O)Cn1ccc(N)n1)C1CCCCC1O. The molecule has 2 atom stereocenters. The second-order valence-corrected chi connectivity index (χ2v) is 4.86. The molecule has 1 amide bonds. The highest BCUT2D eigenvalue weighted by Crippen LogP contribution is 2.22. The second kappa shape index (κ2) is 5.39. The number of likely N-dealkylation sites (N-methyl/N-ethyl adjacent to an activating group) is 1. The molecule has 3 N–H and O–H groups in total. The van der Waals surface area contributed by atoms with Crippen molar-refractivity contribution in [3.8, 4) is 0 Å². The van der Waals surface area contributed by atoms with Crippen LogP contribution in [0.4, 0.5) is 5.82 Å². The quantitative estimate of drug-likeness (QED) is 0.806. The normalized spacial score (nSPS) is 23.9. The molecule has 0 radical (unpaired) electrons. The van der Waals surface area contributed by atoms with Gasteiger partial charge in [0.1, 0.15) is 12.4 Å². The maximum Gasteiger partial charge on any atom is 0.244 e. The van der Waals surface area contributed by atoms with Gasteiger partial charge in [0.05, 0.1) is 12.1 Å². The van der Waals surface area contributed by atoms with Crippen LogP contribution in [0.1, 0.15) is 25.7 Å². The first-order valence-corrected chi connectivity index (χ1v) is 6.30. The van der Waals surface area contributed by atoms with Crippen LogP contribution >= 0.6 is 0 Å². The van der Waals surface area contributed by atoms with Gasteiger partial charge in [0, 0.05) is 13.2 Å². The second-order valence-electron chi connectivity index (χ2n) is 4.86. The van der Waals surface area contributed by atoms with Gasteiger partial charge in [-0.15, -0.1) is 0 Å². The molecular weight excluding hydrogens is 232 g/mol. The third-order valence-electron chi connectivity index (χ3n) is 3.54. The number of nitrogens with two attached hydrogens (primary N) is 1. The fraction of sp³-hybridized carbons (Fsp3) is 0.667. The topological polar surface area (TPSA) is 84.4 Å². The van der Waals surface area contributed by atoms with Gasteiger partial charge in [0.2, 0.25) is 5.91 Å². The van der Waals surface area contributed by atoms with Gasteiger partial charge >= 0.3 is 0 Å². The molecule has 0 aromatic carbocycles. The van der Waals surface area contributed by atoms with Crippen LogP contribution in [-0.4, -0.2) is 44.9 Å². The number of rotatable bonds is 3. The first-order valence-electron chi connectivity index (χ1n) is 6.30. The molecule has 2 unspecified atom stereocenters. The van der Waals surface area contributed by atoms with Crippen LogP contribution in [0.5, 0.6) is 0 Å². The van der Waals surface area contributed by atoms with Gasteiger partial charge in [-0.1, -0.05) is 12.8 Å². The Morgan fingerprint density at radius 1 is 1.61 bits per heavy atom. The standard InChI is InChI=1S/C12H20N4O2/c1-15(9-4-2-3-5-10(9)17)12(18)8-16-7-6-11(13)14-16/h6-7,9-10,17H,2-5,8H2,1H3,(H2,13,14). The van der Waals surface area contributed by atoms with Crippen molar-refractivity contribution in [3.63, 3.8) is 0 Å². The molecule has 18 heavy (non-hydrogen) atoms. The number of aliphatic hydroxyl groups is 1. The fourth-order valence-corrected chi connectivity index (χ4v) is 2.44. The van der Waals surface area contributed by atoms with Gasteiger partial charge in [-0.3, -0.25) is 9.48 Å². The third kappa shape index (κ3) is 2.81. The molecule has 0 spiro atoms. The van der Waals surface area contributed by atoms with E-state index in [0.717, 1.165) is 25.7 Å². The molecule has 0 saturated heterocycles. The minimum absolute atomic E-state index is 0.0518. The number of amides is 1. The van der Waals surface area contributed by atoms with E-state index in [-0.39, 0.29) is 18.5 Å². The average Bonchev–Trinajstić information content (AvgIpc) is 2.74. The van der Waals surface area contributed by atoms with Gasteiger partial charge in [-0.25, -0.2) is 0 Å². The van der Waals surface area contributed by atoms with Crippen LogP contribution in [-0.2, 0) is 11.3 Å². The highest BCUT2D eigenvalue weighted by Gasteiger charge is 2.29. The van der Waals surface area contributed by atoms with Crippen molar-refractivity contribution in [2.75, 3.05) is 12.8 Å². The molecule has 6 nitrogen and oxygen atoms in total. The number of nitrogen functional groups attached to an aromatic ring is 1. The van der Waals surface area contributed by atoms with E-state index in [4.69, 9.17) is 5.73 Å². The number of nitrogens with zero attached hydrogens (tertiary/aromatic N) is 3. The summed E-state index contributed by atoms with van der Waals surface area (Å²) in [6.45, 7) is 0.164. The van der Waals surface area contributed by atoms with E-state index < -0.39 is 6.10 Å². The van der Waals surface area contributed by atoms with Gasteiger partial charge in [0.25, 0.3) is 0 Å². The number of carbonyl (C=O) groups excluding carboxylic acids is 1. The van der Waals surface area contributed by atoms with Crippen LogP contribution in [0.2, 0.25) is 0 Å². The molecule has 0 bridgehead atoms. The molecule has 100 valence electrons. The van der Waals surface area contributed by atoms with Crippen molar-refractivity contribution in [2.45, 2.75) is 44.4 Å². The Balaban J connectivity index is 1.95. The Morgan fingerprint density at radius 3 is 2.94 bits per heavy atom. The molecule has 1 heterocycles. The Bertz CT molecular complexity index is 418. The number of aliphatic hydroxyl groups excluding tert-OH is 1. The summed E-state index contributed by atoms with van der Waals surface area (Å²) in [6.07, 6.45) is 5.01. The van der Waals surface area contributed by atoms with E-state index in [9.17, 15) is 9.90 Å². The molecule has 6 heteroatoms. The molecule has 2 rings (SSSR count). The summed E-state index contributed by atoms with van der Waals surface area (Å²) in [5.41, 5.74) is 5.50. The Hall–Kier alpha value is -1.56. The fourth-order valence-electron chi connectivity index (χ4n) is 2.44. The highest BCUT2D eigenvalue weighted by atomic mass is 16.3. The van der Waals surface area contributed by atoms with E-state index in [0.29, 0.717) is 5.82 Å². The molecule has 1 fully saturated rings. The third-order valence-corrected chi connectivity index (χ3v) is 3.54. The van der Waals surface area contributed by atoms with Crippen molar-refractivity contribution in [1.29, 1.82) is 0 Å².